The van der Waals surface area contributed by atoms with Crippen LogP contribution in [0.3, 0.4) is 0 Å². The fourth-order valence-corrected chi connectivity index (χ4v) is 10.4. The molecule has 61 heavy (non-hydrogen) atoms. The van der Waals surface area contributed by atoms with Gasteiger partial charge in [0.1, 0.15) is 11.6 Å². The van der Waals surface area contributed by atoms with Crippen molar-refractivity contribution in [3.05, 3.63) is 47.4 Å². The number of nitrogens with zero attached hydrogens (tertiary/aromatic N) is 8. The lowest BCUT2D eigenvalue weighted by molar-refractivity contribution is -0.138. The molecule has 2 N–H and O–H groups in total. The molecule has 15 nitrogen and oxygen atoms in total. The van der Waals surface area contributed by atoms with Gasteiger partial charge in [-0.3, -0.25) is 43.9 Å². The number of aromatic nitrogens is 3. The molecule has 4 aliphatic rings. The van der Waals surface area contributed by atoms with Crippen LogP contribution < -0.4 is 15.5 Å². The van der Waals surface area contributed by atoms with E-state index in [1.165, 1.54) is 11.0 Å². The summed E-state index contributed by atoms with van der Waals surface area (Å²) in [5, 5.41) is 20.1. The van der Waals surface area contributed by atoms with Gasteiger partial charge in [-0.2, -0.15) is 23.5 Å². The maximum Gasteiger partial charge on any atom is 0.419 e. The van der Waals surface area contributed by atoms with E-state index in [-0.39, 0.29) is 66.5 Å². The molecule has 5 heterocycles. The van der Waals surface area contributed by atoms with Gasteiger partial charge in [-0.1, -0.05) is 12.1 Å². The third-order valence-corrected chi connectivity index (χ3v) is 13.2. The monoisotopic (exact) mass is 866 g/mol. The molecule has 0 spiro atoms. The molecule has 3 aliphatic heterocycles. The van der Waals surface area contributed by atoms with Gasteiger partial charge in [0, 0.05) is 63.2 Å². The molecule has 0 radical (unpaired) electrons. The number of ether oxygens (including phenoxy) is 1. The summed E-state index contributed by atoms with van der Waals surface area (Å²) in [7, 11) is 1.78. The van der Waals surface area contributed by atoms with Gasteiger partial charge < -0.3 is 15.0 Å². The first kappa shape index (κ1) is 44.4. The Balaban J connectivity index is 0.860. The Hall–Kier alpha value is -4.61. The summed E-state index contributed by atoms with van der Waals surface area (Å²) in [5.41, 5.74) is -1.92. The van der Waals surface area contributed by atoms with Crippen LogP contribution in [0.25, 0.3) is 10.9 Å². The molecule has 3 aromatic rings. The van der Waals surface area contributed by atoms with Gasteiger partial charge >= 0.3 is 6.18 Å². The Labute approximate surface area is 358 Å². The molecule has 1 saturated carbocycles. The normalized spacial score (nSPS) is 26.8. The number of nitriles is 1. The fourth-order valence-electron chi connectivity index (χ4n) is 9.73. The van der Waals surface area contributed by atoms with E-state index in [4.69, 9.17) is 17.4 Å². The summed E-state index contributed by atoms with van der Waals surface area (Å²) in [4.78, 5) is 63.0. The van der Waals surface area contributed by atoms with Crippen molar-refractivity contribution >= 4 is 58.5 Å². The van der Waals surface area contributed by atoms with E-state index in [9.17, 15) is 37.6 Å². The summed E-state index contributed by atoms with van der Waals surface area (Å²) in [5.74, 6) is -1.71. The van der Waals surface area contributed by atoms with Crippen LogP contribution in [0, 0.1) is 11.3 Å². The van der Waals surface area contributed by atoms with Crippen LogP contribution >= 0.6 is 12.6 Å². The summed E-state index contributed by atoms with van der Waals surface area (Å²) in [6.45, 7) is 11.0. The first-order valence-electron chi connectivity index (χ1n) is 20.8. The van der Waals surface area contributed by atoms with Crippen LogP contribution in [0.15, 0.2) is 30.5 Å². The molecule has 4 amide bonds. The number of anilines is 2. The van der Waals surface area contributed by atoms with Crippen LogP contribution in [-0.2, 0) is 37.1 Å². The highest BCUT2D eigenvalue weighted by molar-refractivity contribution is 7.81. The number of halogens is 3. The van der Waals surface area contributed by atoms with E-state index in [1.54, 1.807) is 25.6 Å². The van der Waals surface area contributed by atoms with Crippen molar-refractivity contribution < 1.29 is 37.1 Å². The van der Waals surface area contributed by atoms with Gasteiger partial charge in [-0.25, -0.2) is 4.98 Å². The Morgan fingerprint density at radius 1 is 1.10 bits per heavy atom. The van der Waals surface area contributed by atoms with Gasteiger partial charge in [-0.05, 0) is 78.4 Å². The third-order valence-electron chi connectivity index (χ3n) is 12.7. The highest BCUT2D eigenvalue weighted by atomic mass is 32.1. The fraction of sp³-hybridized carbons (Fsp3) is 0.595. The maximum atomic E-state index is 13.7. The third kappa shape index (κ3) is 9.01. The Morgan fingerprint density at radius 2 is 1.80 bits per heavy atom. The number of rotatable bonds is 11. The molecule has 7 rings (SSSR count). The van der Waals surface area contributed by atoms with Crippen molar-refractivity contribution in [2.24, 2.45) is 7.05 Å². The number of pyridine rings is 1. The standard InChI is InChI=1S/C42H53F3N10O5S/c1-24-21-52(22-25(2)53(24)23-35(57)48-32-9-6-8-29-36(50-51(5)37(29)32)30-14-15-34(56)49-38(30)58)16-7-17-60-28-12-10-26(11-13-28)55-40(61)54(39(59)41(55,3)4)27-18-31(42(43,44)45)33(19-46)47-20-27/h6,8-9,18,20,24-26,28,30,40,61H,7,10-17,21-23H2,1-5H3,(H,48,57)(H,49,56,58)/t24-,25+,26?,28?,30?,40?. The van der Waals surface area contributed by atoms with Gasteiger partial charge in [0.25, 0.3) is 0 Å². The molecular formula is C42H53F3N10O5S. The lowest BCUT2D eigenvalue weighted by atomic mass is 9.89. The number of para-hydroxylation sites is 1. The van der Waals surface area contributed by atoms with Crippen LogP contribution in [0.5, 0.6) is 0 Å². The zero-order valence-corrected chi connectivity index (χ0v) is 35.9. The minimum Gasteiger partial charge on any atom is -0.378 e. The largest absolute Gasteiger partial charge is 0.419 e. The summed E-state index contributed by atoms with van der Waals surface area (Å²) >= 11 is 4.74. The number of hydrogen-bond acceptors (Lipinski definition) is 12. The number of imide groups is 1. The first-order chi connectivity index (χ1) is 28.9. The number of piperidine rings is 1. The Morgan fingerprint density at radius 3 is 2.46 bits per heavy atom. The van der Waals surface area contributed by atoms with E-state index in [0.717, 1.165) is 69.4 Å². The molecule has 3 saturated heterocycles. The summed E-state index contributed by atoms with van der Waals surface area (Å²) in [6, 6.07) is 8.04. The van der Waals surface area contributed by atoms with Crippen molar-refractivity contribution in [3.8, 4) is 6.07 Å². The van der Waals surface area contributed by atoms with E-state index in [1.807, 2.05) is 23.1 Å². The molecular weight excluding hydrogens is 814 g/mol. The van der Waals surface area contributed by atoms with Crippen LogP contribution in [-0.4, -0.2) is 121 Å². The van der Waals surface area contributed by atoms with E-state index < -0.39 is 34.4 Å². The molecule has 4 atom stereocenters. The van der Waals surface area contributed by atoms with Crippen molar-refractivity contribution in [2.45, 2.75) is 120 Å². The average Bonchev–Trinajstić information content (AvgIpc) is 3.62. The van der Waals surface area contributed by atoms with E-state index in [0.29, 0.717) is 29.9 Å². The number of fused-ring (bicyclic) bond motifs is 1. The van der Waals surface area contributed by atoms with E-state index in [2.05, 4.69) is 44.4 Å². The van der Waals surface area contributed by atoms with Crippen LogP contribution in [0.1, 0.15) is 95.5 Å². The second kappa shape index (κ2) is 17.6. The molecule has 2 unspecified atom stereocenters. The van der Waals surface area contributed by atoms with Crippen molar-refractivity contribution in [1.29, 1.82) is 5.26 Å². The molecule has 1 aromatic carbocycles. The minimum atomic E-state index is -4.81. The summed E-state index contributed by atoms with van der Waals surface area (Å²) < 4.78 is 49.2. The maximum absolute atomic E-state index is 13.7. The van der Waals surface area contributed by atoms with Gasteiger partial charge in [0.15, 0.2) is 5.69 Å². The Bertz CT molecular complexity index is 2210. The van der Waals surface area contributed by atoms with Crippen molar-refractivity contribution in [3.63, 3.8) is 0 Å². The quantitative estimate of drug-likeness (QED) is 0.138. The van der Waals surface area contributed by atoms with Crippen LogP contribution in [0.4, 0.5) is 24.5 Å². The molecule has 0 bridgehead atoms. The number of benzene rings is 1. The number of nitrogens with one attached hydrogen (secondary N) is 2. The van der Waals surface area contributed by atoms with Crippen molar-refractivity contribution in [2.75, 3.05) is 43.0 Å². The average molecular weight is 867 g/mol. The number of amides is 4. The zero-order valence-electron chi connectivity index (χ0n) is 35.0. The number of alkyl halides is 3. The molecule has 2 aromatic heterocycles. The van der Waals surface area contributed by atoms with Gasteiger partial charge in [0.2, 0.25) is 23.6 Å². The van der Waals surface area contributed by atoms with Crippen LogP contribution in [0.2, 0.25) is 0 Å². The molecule has 4 fully saturated rings. The SMILES string of the molecule is C[C@@H]1CN(CCCOC2CCC(N3C(S)N(c4cnc(C#N)c(C(F)(F)F)c4)C(=O)C3(C)C)CC2)C[C@H](C)N1CC(=O)Nc1cccc2c(C3CCC(=O)NC3=O)nn(C)c12. The highest BCUT2D eigenvalue weighted by Gasteiger charge is 2.54. The van der Waals surface area contributed by atoms with E-state index >= 15 is 0 Å². The Kier molecular flexibility index (Phi) is 12.9. The number of thiol groups is 1. The second-order valence-corrected chi connectivity index (χ2v) is 17.7. The number of carbonyl (C=O) groups is 4. The number of carbonyl (C=O) groups excluding carboxylic acids is 4. The number of aryl methyl sites for hydroxylation is 1. The lowest BCUT2D eigenvalue weighted by Gasteiger charge is -2.44. The minimum absolute atomic E-state index is 0.0391. The number of hydrogen-bond donors (Lipinski definition) is 3. The van der Waals surface area contributed by atoms with Gasteiger partial charge in [-0.15, -0.1) is 12.6 Å². The summed E-state index contributed by atoms with van der Waals surface area (Å²) in [6.07, 6.45) is 0.854. The van der Waals surface area contributed by atoms with Gasteiger partial charge in [0.05, 0.1) is 58.5 Å². The zero-order chi connectivity index (χ0) is 44.0. The smallest absolute Gasteiger partial charge is 0.378 e. The second-order valence-electron chi connectivity index (χ2n) is 17.2. The highest BCUT2D eigenvalue weighted by Crippen LogP contribution is 2.43. The lowest BCUT2D eigenvalue weighted by Crippen LogP contribution is -2.58. The molecule has 328 valence electrons. The first-order valence-corrected chi connectivity index (χ1v) is 21.4. The molecule has 19 heteroatoms. The van der Waals surface area contributed by atoms with Crippen molar-refractivity contribution in [1.82, 2.24) is 34.8 Å². The number of piperazine rings is 1. The predicted molar refractivity (Wildman–Crippen MR) is 223 cm³/mol. The molecule has 1 aliphatic carbocycles. The predicted octanol–water partition coefficient (Wildman–Crippen LogP) is 4.77. The topological polar surface area (TPSA) is 169 Å².